The Balaban J connectivity index is 1.70. The van der Waals surface area contributed by atoms with Gasteiger partial charge in [-0.05, 0) is 49.6 Å². The minimum atomic E-state index is 0.115. The number of nitrogens with one attached hydrogen (secondary N) is 2. The average Bonchev–Trinajstić information content (AvgIpc) is 3.47. The number of benzene rings is 1. The molecule has 11 heteroatoms. The molecule has 4 aromatic rings. The summed E-state index contributed by atoms with van der Waals surface area (Å²) >= 11 is 1.52. The minimum Gasteiger partial charge on any atom is -0.494 e. The highest BCUT2D eigenvalue weighted by Gasteiger charge is 2.25. The Kier molecular flexibility index (Phi) is 7.01. The summed E-state index contributed by atoms with van der Waals surface area (Å²) in [6.07, 6.45) is 3.68. The maximum Gasteiger partial charge on any atom is 0.239 e. The molecule has 1 aromatic carbocycles. The van der Waals surface area contributed by atoms with Gasteiger partial charge in [0.15, 0.2) is 5.82 Å². The van der Waals surface area contributed by atoms with Crippen molar-refractivity contribution >= 4 is 17.9 Å². The molecule has 4 rings (SSSR count). The highest BCUT2D eigenvalue weighted by atomic mass is 32.2. The van der Waals surface area contributed by atoms with Crippen molar-refractivity contribution in [3.63, 3.8) is 0 Å². The molecule has 0 spiro atoms. The van der Waals surface area contributed by atoms with Gasteiger partial charge in [-0.15, -0.1) is 10.2 Å². The number of hydrogen-bond donors (Lipinski definition) is 2. The van der Waals surface area contributed by atoms with E-state index in [2.05, 4.69) is 48.9 Å². The number of aromatic amines is 1. The third-order valence-corrected chi connectivity index (χ3v) is 6.55. The number of rotatable bonds is 9. The largest absolute Gasteiger partial charge is 0.494 e. The first-order valence-electron chi connectivity index (χ1n) is 10.8. The summed E-state index contributed by atoms with van der Waals surface area (Å²) in [7, 11) is 3.24. The number of para-hydroxylation sites is 1. The number of ether oxygens (including phenoxy) is 2. The van der Waals surface area contributed by atoms with Crippen LogP contribution < -0.4 is 14.2 Å². The molecule has 0 radical (unpaired) electrons. The number of hydrogen-bond acceptors (Lipinski definition) is 9. The summed E-state index contributed by atoms with van der Waals surface area (Å²) in [4.78, 5) is 8.96. The number of aryl methyl sites for hydroxylation is 2. The first-order chi connectivity index (χ1) is 16.4. The number of aromatic nitrogens is 7. The predicted molar refractivity (Wildman–Crippen MR) is 133 cm³/mol. The lowest BCUT2D eigenvalue weighted by atomic mass is 10.1. The molecule has 0 aliphatic rings. The molecule has 3 aromatic heterocycles. The average molecular weight is 481 g/mol. The standard InChI is InChI=1S/C23H28N8O2S/c1-13-11-24-21(25-12-13)15(3)16(4)34-30-23-29-28-22(17-10-14(2)26-27-17)31(23)20-18(32-5)8-7-9-19(20)33-6/h7-12,15-16H,1-6H3,(H,26,27)(H,29,30). The molecule has 10 nitrogen and oxygen atoms in total. The first-order valence-corrected chi connectivity index (χ1v) is 11.7. The van der Waals surface area contributed by atoms with Gasteiger partial charge in [0.25, 0.3) is 0 Å². The van der Waals surface area contributed by atoms with E-state index in [0.717, 1.165) is 17.1 Å². The van der Waals surface area contributed by atoms with Gasteiger partial charge in [-0.1, -0.05) is 19.9 Å². The van der Waals surface area contributed by atoms with E-state index in [-0.39, 0.29) is 11.2 Å². The number of methoxy groups -OCH3 is 2. The molecule has 0 saturated carbocycles. The normalized spacial score (nSPS) is 12.9. The minimum absolute atomic E-state index is 0.115. The molecular weight excluding hydrogens is 452 g/mol. The van der Waals surface area contributed by atoms with Crippen molar-refractivity contribution in [2.45, 2.75) is 38.9 Å². The fourth-order valence-electron chi connectivity index (χ4n) is 3.41. The maximum atomic E-state index is 5.66. The molecule has 0 amide bonds. The first kappa shape index (κ1) is 23.6. The van der Waals surface area contributed by atoms with E-state index in [9.17, 15) is 0 Å². The van der Waals surface area contributed by atoms with Gasteiger partial charge in [0.2, 0.25) is 5.95 Å². The van der Waals surface area contributed by atoms with Crippen molar-refractivity contribution in [3.8, 4) is 28.7 Å². The van der Waals surface area contributed by atoms with Crippen molar-refractivity contribution in [3.05, 3.63) is 53.7 Å². The molecule has 0 aliphatic heterocycles. The summed E-state index contributed by atoms with van der Waals surface area (Å²) in [5.41, 5.74) is 3.29. The predicted octanol–water partition coefficient (Wildman–Crippen LogP) is 4.33. The van der Waals surface area contributed by atoms with E-state index in [1.807, 2.05) is 55.1 Å². The van der Waals surface area contributed by atoms with Crippen LogP contribution in [0.4, 0.5) is 5.95 Å². The van der Waals surface area contributed by atoms with E-state index < -0.39 is 0 Å². The van der Waals surface area contributed by atoms with Crippen molar-refractivity contribution in [1.82, 2.24) is 34.9 Å². The third kappa shape index (κ3) is 4.69. The summed E-state index contributed by atoms with van der Waals surface area (Å²) in [6.45, 7) is 8.14. The fraction of sp³-hybridized carbons (Fsp3) is 0.348. The summed E-state index contributed by atoms with van der Waals surface area (Å²) in [5.74, 6) is 3.23. The number of H-pyrrole nitrogens is 1. The topological polar surface area (TPSA) is 116 Å². The van der Waals surface area contributed by atoms with Crippen LogP contribution in [0.1, 0.15) is 36.8 Å². The molecule has 0 fully saturated rings. The van der Waals surface area contributed by atoms with E-state index in [0.29, 0.717) is 34.7 Å². The quantitative estimate of drug-likeness (QED) is 0.338. The fourth-order valence-corrected chi connectivity index (χ4v) is 4.16. The molecule has 178 valence electrons. The van der Waals surface area contributed by atoms with Crippen LogP contribution in [-0.4, -0.2) is 54.4 Å². The monoisotopic (exact) mass is 480 g/mol. The molecule has 2 unspecified atom stereocenters. The van der Waals surface area contributed by atoms with E-state index >= 15 is 0 Å². The molecule has 34 heavy (non-hydrogen) atoms. The lowest BCUT2D eigenvalue weighted by molar-refractivity contribution is 0.391. The second-order valence-electron chi connectivity index (χ2n) is 7.96. The Morgan fingerprint density at radius 3 is 2.29 bits per heavy atom. The number of anilines is 1. The van der Waals surface area contributed by atoms with Crippen molar-refractivity contribution < 1.29 is 9.47 Å². The van der Waals surface area contributed by atoms with E-state index in [1.54, 1.807) is 14.2 Å². The SMILES string of the molecule is COc1cccc(OC)c1-n1c(NSC(C)C(C)c2ncc(C)cn2)nnc1-c1cc(C)[nH]n1. The Morgan fingerprint density at radius 1 is 1.03 bits per heavy atom. The highest BCUT2D eigenvalue weighted by molar-refractivity contribution is 8.01. The molecule has 0 saturated heterocycles. The lowest BCUT2D eigenvalue weighted by Crippen LogP contribution is -2.15. The van der Waals surface area contributed by atoms with Gasteiger partial charge in [0, 0.05) is 29.3 Å². The Labute approximate surface area is 202 Å². The second-order valence-corrected chi connectivity index (χ2v) is 9.15. The smallest absolute Gasteiger partial charge is 0.239 e. The summed E-state index contributed by atoms with van der Waals surface area (Å²) in [5, 5.41) is 16.4. The lowest BCUT2D eigenvalue weighted by Gasteiger charge is -2.20. The summed E-state index contributed by atoms with van der Waals surface area (Å²) < 4.78 is 16.6. The van der Waals surface area contributed by atoms with Crippen molar-refractivity contribution in [2.75, 3.05) is 18.9 Å². The maximum absolute atomic E-state index is 5.66. The molecular formula is C23H28N8O2S. The van der Waals surface area contributed by atoms with Gasteiger partial charge in [-0.25, -0.2) is 9.97 Å². The summed E-state index contributed by atoms with van der Waals surface area (Å²) in [6, 6.07) is 7.53. The molecule has 2 atom stereocenters. The van der Waals surface area contributed by atoms with Crippen LogP contribution in [0.15, 0.2) is 36.7 Å². The van der Waals surface area contributed by atoms with Crippen molar-refractivity contribution in [2.24, 2.45) is 0 Å². The van der Waals surface area contributed by atoms with Gasteiger partial charge in [-0.2, -0.15) is 5.10 Å². The van der Waals surface area contributed by atoms with E-state index in [1.165, 1.54) is 11.9 Å². The molecule has 2 N–H and O–H groups in total. The van der Waals surface area contributed by atoms with E-state index in [4.69, 9.17) is 9.47 Å². The molecule has 0 aliphatic carbocycles. The van der Waals surface area contributed by atoms with Gasteiger partial charge >= 0.3 is 0 Å². The van der Waals surface area contributed by atoms with Crippen LogP contribution in [0.5, 0.6) is 11.5 Å². The van der Waals surface area contributed by atoms with Gasteiger partial charge < -0.3 is 9.47 Å². The van der Waals surface area contributed by atoms with Crippen LogP contribution in [0.25, 0.3) is 17.2 Å². The van der Waals surface area contributed by atoms with Crippen molar-refractivity contribution in [1.29, 1.82) is 0 Å². The zero-order valence-electron chi connectivity index (χ0n) is 20.0. The zero-order chi connectivity index (χ0) is 24.2. The second kappa shape index (κ2) is 10.1. The van der Waals surface area contributed by atoms with Gasteiger partial charge in [0.05, 0.1) is 14.2 Å². The highest BCUT2D eigenvalue weighted by Crippen LogP contribution is 2.38. The van der Waals surface area contributed by atoms with Gasteiger partial charge in [0.1, 0.15) is 28.7 Å². The zero-order valence-corrected chi connectivity index (χ0v) is 20.8. The van der Waals surface area contributed by atoms with Gasteiger partial charge in [-0.3, -0.25) is 14.4 Å². The van der Waals surface area contributed by atoms with Crippen LogP contribution in [0.2, 0.25) is 0 Å². The van der Waals surface area contributed by atoms with Crippen LogP contribution in [0, 0.1) is 13.8 Å². The van der Waals surface area contributed by atoms with Crippen LogP contribution >= 0.6 is 11.9 Å². The Bertz CT molecular complexity index is 1230. The van der Waals surface area contributed by atoms with Crippen LogP contribution in [-0.2, 0) is 0 Å². The molecule has 0 bridgehead atoms. The Morgan fingerprint density at radius 2 is 1.71 bits per heavy atom. The molecule has 3 heterocycles. The Hall–Kier alpha value is -3.60. The van der Waals surface area contributed by atoms with Crippen LogP contribution in [0.3, 0.4) is 0 Å². The third-order valence-electron chi connectivity index (χ3n) is 5.47. The number of nitrogens with zero attached hydrogens (tertiary/aromatic N) is 6.